The van der Waals surface area contributed by atoms with Crippen molar-refractivity contribution in [2.75, 3.05) is 0 Å². The van der Waals surface area contributed by atoms with Crippen molar-refractivity contribution in [2.24, 2.45) is 12.8 Å². The summed E-state index contributed by atoms with van der Waals surface area (Å²) in [5.41, 5.74) is 9.22. The van der Waals surface area contributed by atoms with E-state index < -0.39 is 11.6 Å². The van der Waals surface area contributed by atoms with Crippen LogP contribution in [0, 0.1) is 11.6 Å². The maximum Gasteiger partial charge on any atom is 0.159 e. The molecule has 0 amide bonds. The van der Waals surface area contributed by atoms with Crippen molar-refractivity contribution in [3.63, 3.8) is 0 Å². The Labute approximate surface area is 121 Å². The zero-order chi connectivity index (χ0) is 15.0. The Balaban J connectivity index is 2.04. The molecule has 0 fully saturated rings. The van der Waals surface area contributed by atoms with Crippen molar-refractivity contribution in [1.29, 1.82) is 0 Å². The van der Waals surface area contributed by atoms with E-state index >= 15 is 0 Å². The molecule has 108 valence electrons. The molecule has 0 bridgehead atoms. The molecular formula is C16H15F2N3. The number of nitrogens with two attached hydrogens (primary N) is 1. The molecule has 0 saturated carbocycles. The first-order chi connectivity index (χ1) is 10.1. The van der Waals surface area contributed by atoms with Gasteiger partial charge in [0.05, 0.1) is 11.0 Å². The summed E-state index contributed by atoms with van der Waals surface area (Å²) in [5, 5.41) is 0. The molecular weight excluding hydrogens is 272 g/mol. The minimum Gasteiger partial charge on any atom is -0.331 e. The van der Waals surface area contributed by atoms with Crippen LogP contribution in [0.15, 0.2) is 36.4 Å². The van der Waals surface area contributed by atoms with Crippen molar-refractivity contribution in [3.8, 4) is 0 Å². The first-order valence-corrected chi connectivity index (χ1v) is 6.67. The molecule has 2 N–H and O–H groups in total. The number of aryl methyl sites for hydroxylation is 1. The Hall–Kier alpha value is -2.27. The van der Waals surface area contributed by atoms with E-state index in [-0.39, 0.29) is 0 Å². The van der Waals surface area contributed by atoms with Gasteiger partial charge in [-0.15, -0.1) is 0 Å². The number of halogens is 2. The zero-order valence-corrected chi connectivity index (χ0v) is 11.6. The number of aromatic nitrogens is 2. The number of fused-ring (bicyclic) bond motifs is 1. The van der Waals surface area contributed by atoms with Crippen molar-refractivity contribution < 1.29 is 8.78 Å². The second-order valence-corrected chi connectivity index (χ2v) is 5.00. The van der Waals surface area contributed by atoms with E-state index in [1.54, 1.807) is 6.07 Å². The smallest absolute Gasteiger partial charge is 0.159 e. The van der Waals surface area contributed by atoms with E-state index in [2.05, 4.69) is 4.98 Å². The Bertz CT molecular complexity index is 809. The fraction of sp³-hybridized carbons (Fsp3) is 0.188. The van der Waals surface area contributed by atoms with Crippen LogP contribution in [0.3, 0.4) is 0 Å². The maximum atomic E-state index is 13.3. The summed E-state index contributed by atoms with van der Waals surface area (Å²) in [5.74, 6) is -0.889. The Kier molecular flexibility index (Phi) is 3.43. The van der Waals surface area contributed by atoms with Crippen molar-refractivity contribution >= 4 is 11.0 Å². The van der Waals surface area contributed by atoms with Gasteiger partial charge in [-0.3, -0.25) is 0 Å². The van der Waals surface area contributed by atoms with E-state index in [9.17, 15) is 8.78 Å². The summed E-state index contributed by atoms with van der Waals surface area (Å²) in [6.07, 6.45) is 0.437. The molecule has 0 spiro atoms. The van der Waals surface area contributed by atoms with E-state index in [4.69, 9.17) is 5.73 Å². The van der Waals surface area contributed by atoms with Crippen LogP contribution in [0.2, 0.25) is 0 Å². The van der Waals surface area contributed by atoms with Gasteiger partial charge < -0.3 is 10.3 Å². The van der Waals surface area contributed by atoms with Crippen LogP contribution < -0.4 is 5.73 Å². The molecule has 0 aliphatic rings. The highest BCUT2D eigenvalue weighted by molar-refractivity contribution is 5.79. The molecule has 3 nitrogen and oxygen atoms in total. The van der Waals surface area contributed by atoms with Crippen LogP contribution in [0.4, 0.5) is 8.78 Å². The zero-order valence-electron chi connectivity index (χ0n) is 11.6. The minimum absolute atomic E-state index is 0.416. The lowest BCUT2D eigenvalue weighted by Gasteiger charge is -2.03. The van der Waals surface area contributed by atoms with Gasteiger partial charge in [0.2, 0.25) is 0 Å². The fourth-order valence-electron chi connectivity index (χ4n) is 2.48. The molecule has 0 atom stereocenters. The summed E-state index contributed by atoms with van der Waals surface area (Å²) < 4.78 is 28.2. The van der Waals surface area contributed by atoms with Crippen LogP contribution >= 0.6 is 0 Å². The Morgan fingerprint density at radius 3 is 2.67 bits per heavy atom. The highest BCUT2D eigenvalue weighted by atomic mass is 19.2. The lowest BCUT2D eigenvalue weighted by molar-refractivity contribution is 0.507. The van der Waals surface area contributed by atoms with Crippen molar-refractivity contribution in [1.82, 2.24) is 9.55 Å². The van der Waals surface area contributed by atoms with Crippen LogP contribution in [0.25, 0.3) is 11.0 Å². The summed E-state index contributed by atoms with van der Waals surface area (Å²) >= 11 is 0. The lowest BCUT2D eigenvalue weighted by atomic mass is 10.1. The van der Waals surface area contributed by atoms with Crippen LogP contribution in [0.1, 0.15) is 17.0 Å². The van der Waals surface area contributed by atoms with Gasteiger partial charge in [0, 0.05) is 20.0 Å². The predicted octanol–water partition coefficient (Wildman–Crippen LogP) is 2.90. The molecule has 5 heteroatoms. The molecule has 1 heterocycles. The van der Waals surface area contributed by atoms with Crippen LogP contribution in [0.5, 0.6) is 0 Å². The minimum atomic E-state index is -0.839. The SMILES string of the molecule is Cn1c(Cc2ccc(F)c(F)c2)nc2c(CN)cccc21. The predicted molar refractivity (Wildman–Crippen MR) is 77.8 cm³/mol. The highest BCUT2D eigenvalue weighted by Gasteiger charge is 2.12. The van der Waals surface area contributed by atoms with E-state index in [1.807, 2.05) is 29.8 Å². The van der Waals surface area contributed by atoms with Gasteiger partial charge in [-0.05, 0) is 29.3 Å². The summed E-state index contributed by atoms with van der Waals surface area (Å²) in [6.45, 7) is 0.416. The summed E-state index contributed by atoms with van der Waals surface area (Å²) in [7, 11) is 1.91. The van der Waals surface area contributed by atoms with Gasteiger partial charge in [0.25, 0.3) is 0 Å². The van der Waals surface area contributed by atoms with Gasteiger partial charge in [0.1, 0.15) is 5.82 Å². The van der Waals surface area contributed by atoms with Crippen LogP contribution in [-0.4, -0.2) is 9.55 Å². The number of benzene rings is 2. The number of hydrogen-bond acceptors (Lipinski definition) is 2. The molecule has 2 aromatic carbocycles. The number of rotatable bonds is 3. The normalized spacial score (nSPS) is 11.2. The average Bonchev–Trinajstić information content (AvgIpc) is 2.80. The quantitative estimate of drug-likeness (QED) is 0.805. The molecule has 0 unspecified atom stereocenters. The van der Waals surface area contributed by atoms with Crippen molar-refractivity contribution in [2.45, 2.75) is 13.0 Å². The monoisotopic (exact) mass is 287 g/mol. The molecule has 0 saturated heterocycles. The van der Waals surface area contributed by atoms with Gasteiger partial charge in [-0.2, -0.15) is 0 Å². The Morgan fingerprint density at radius 1 is 1.14 bits per heavy atom. The summed E-state index contributed by atoms with van der Waals surface area (Å²) in [6, 6.07) is 9.76. The van der Waals surface area contributed by atoms with Gasteiger partial charge in [-0.25, -0.2) is 13.8 Å². The van der Waals surface area contributed by atoms with E-state index in [1.165, 1.54) is 6.07 Å². The average molecular weight is 287 g/mol. The standard InChI is InChI=1S/C16H15F2N3/c1-21-14-4-2-3-11(9-19)16(14)20-15(21)8-10-5-6-12(17)13(18)7-10/h2-7H,8-9,19H2,1H3. The molecule has 0 aliphatic heterocycles. The molecule has 1 aromatic heterocycles. The third kappa shape index (κ3) is 2.40. The molecule has 3 aromatic rings. The second kappa shape index (κ2) is 5.26. The van der Waals surface area contributed by atoms with E-state index in [0.29, 0.717) is 18.5 Å². The highest BCUT2D eigenvalue weighted by Crippen LogP contribution is 2.21. The second-order valence-electron chi connectivity index (χ2n) is 5.00. The van der Waals surface area contributed by atoms with Gasteiger partial charge in [0.15, 0.2) is 11.6 Å². The van der Waals surface area contributed by atoms with Gasteiger partial charge in [-0.1, -0.05) is 18.2 Å². The Morgan fingerprint density at radius 2 is 1.95 bits per heavy atom. The number of nitrogens with zero attached hydrogens (tertiary/aromatic N) is 2. The lowest BCUT2D eigenvalue weighted by Crippen LogP contribution is -2.00. The molecule has 0 aliphatic carbocycles. The molecule has 21 heavy (non-hydrogen) atoms. The summed E-state index contributed by atoms with van der Waals surface area (Å²) in [4.78, 5) is 4.60. The third-order valence-corrected chi connectivity index (χ3v) is 3.65. The first kappa shape index (κ1) is 13.7. The first-order valence-electron chi connectivity index (χ1n) is 6.67. The number of imidazole rings is 1. The van der Waals surface area contributed by atoms with Crippen molar-refractivity contribution in [3.05, 3.63) is 65.0 Å². The maximum absolute atomic E-state index is 13.3. The van der Waals surface area contributed by atoms with Crippen LogP contribution in [-0.2, 0) is 20.0 Å². The molecule has 3 rings (SSSR count). The fourth-order valence-corrected chi connectivity index (χ4v) is 2.48. The number of para-hydroxylation sites is 1. The number of hydrogen-bond donors (Lipinski definition) is 1. The van der Waals surface area contributed by atoms with Gasteiger partial charge >= 0.3 is 0 Å². The third-order valence-electron chi connectivity index (χ3n) is 3.65. The molecule has 0 radical (unpaired) electrons. The largest absolute Gasteiger partial charge is 0.331 e. The van der Waals surface area contributed by atoms with E-state index in [0.717, 1.165) is 28.5 Å². The topological polar surface area (TPSA) is 43.8 Å².